The Hall–Kier alpha value is -0.240. The summed E-state index contributed by atoms with van der Waals surface area (Å²) in [6, 6.07) is 5.68. The fourth-order valence-corrected chi connectivity index (χ4v) is 2.43. The molecule has 14 heavy (non-hydrogen) atoms. The van der Waals surface area contributed by atoms with Crippen LogP contribution in [0.3, 0.4) is 0 Å². The summed E-state index contributed by atoms with van der Waals surface area (Å²) in [4.78, 5) is 0. The molecule has 0 heterocycles. The van der Waals surface area contributed by atoms with Gasteiger partial charge in [-0.1, -0.05) is 42.3 Å². The van der Waals surface area contributed by atoms with Crippen LogP contribution in [-0.2, 0) is 0 Å². The monoisotopic (exact) mass is 230 g/mol. The van der Waals surface area contributed by atoms with Crippen LogP contribution in [-0.4, -0.2) is 11.2 Å². The summed E-state index contributed by atoms with van der Waals surface area (Å²) in [5.74, 6) is 0.641. The second-order valence-corrected chi connectivity index (χ2v) is 4.70. The zero-order valence-electron chi connectivity index (χ0n) is 7.87. The highest BCUT2D eigenvalue weighted by Gasteiger charge is 2.38. The molecule has 1 nitrogen and oxygen atoms in total. The molecule has 0 bridgehead atoms. The van der Waals surface area contributed by atoms with Crippen molar-refractivity contribution in [1.29, 1.82) is 0 Å². The summed E-state index contributed by atoms with van der Waals surface area (Å²) in [6.07, 6.45) is 0.608. The molecule has 1 aliphatic carbocycles. The Morgan fingerprint density at radius 2 is 2.07 bits per heavy atom. The van der Waals surface area contributed by atoms with Crippen LogP contribution in [0.1, 0.15) is 24.8 Å². The second-order valence-electron chi connectivity index (χ2n) is 3.91. The van der Waals surface area contributed by atoms with E-state index in [-0.39, 0.29) is 12.0 Å². The highest BCUT2D eigenvalue weighted by Crippen LogP contribution is 2.45. The van der Waals surface area contributed by atoms with E-state index in [0.29, 0.717) is 16.0 Å². The maximum atomic E-state index is 9.43. The van der Waals surface area contributed by atoms with Crippen molar-refractivity contribution >= 4 is 23.2 Å². The Labute approximate surface area is 93.7 Å². The first-order valence-electron chi connectivity index (χ1n) is 4.73. The van der Waals surface area contributed by atoms with Crippen molar-refractivity contribution in [2.24, 2.45) is 5.92 Å². The molecule has 3 unspecified atom stereocenters. The van der Waals surface area contributed by atoms with Gasteiger partial charge in [0, 0.05) is 0 Å². The van der Waals surface area contributed by atoms with Crippen molar-refractivity contribution in [3.8, 4) is 0 Å². The normalized spacial score (nSPS) is 31.3. The van der Waals surface area contributed by atoms with E-state index < -0.39 is 0 Å². The van der Waals surface area contributed by atoms with E-state index in [0.717, 1.165) is 12.0 Å². The molecule has 3 heteroatoms. The van der Waals surface area contributed by atoms with Crippen LogP contribution in [0.4, 0.5) is 0 Å². The van der Waals surface area contributed by atoms with Gasteiger partial charge in [-0.15, -0.1) is 0 Å². The van der Waals surface area contributed by atoms with Gasteiger partial charge in [0.1, 0.15) is 0 Å². The number of aliphatic hydroxyl groups is 1. The minimum Gasteiger partial charge on any atom is -0.393 e. The molecule has 3 atom stereocenters. The number of rotatable bonds is 1. The molecule has 1 aliphatic rings. The Balaban J connectivity index is 2.29. The van der Waals surface area contributed by atoms with Gasteiger partial charge in [-0.25, -0.2) is 0 Å². The summed E-state index contributed by atoms with van der Waals surface area (Å²) in [7, 11) is 0. The summed E-state index contributed by atoms with van der Waals surface area (Å²) in [6.45, 7) is 2.04. The summed E-state index contributed by atoms with van der Waals surface area (Å²) < 4.78 is 0. The number of hydrogen-bond donors (Lipinski definition) is 1. The molecule has 1 N–H and O–H groups in total. The summed E-state index contributed by atoms with van der Waals surface area (Å²) in [5.41, 5.74) is 1.07. The molecule has 1 aromatic rings. The lowest BCUT2D eigenvalue weighted by molar-refractivity contribution is 0.0117. The molecular weight excluding hydrogens is 219 g/mol. The van der Waals surface area contributed by atoms with E-state index in [4.69, 9.17) is 23.2 Å². The minimum atomic E-state index is -0.185. The lowest BCUT2D eigenvalue weighted by atomic mass is 9.69. The second kappa shape index (κ2) is 3.73. The predicted molar refractivity (Wildman–Crippen MR) is 59.0 cm³/mol. The van der Waals surface area contributed by atoms with Crippen LogP contribution in [0.15, 0.2) is 18.2 Å². The lowest BCUT2D eigenvalue weighted by Gasteiger charge is -2.40. The Morgan fingerprint density at radius 3 is 2.64 bits per heavy atom. The van der Waals surface area contributed by atoms with Gasteiger partial charge < -0.3 is 5.11 Å². The third kappa shape index (κ3) is 1.54. The van der Waals surface area contributed by atoms with Crippen LogP contribution < -0.4 is 0 Å². The fourth-order valence-electron chi connectivity index (χ4n) is 1.98. The van der Waals surface area contributed by atoms with Crippen LogP contribution in [0.5, 0.6) is 0 Å². The predicted octanol–water partition coefficient (Wildman–Crippen LogP) is 3.48. The molecule has 0 aliphatic heterocycles. The summed E-state index contributed by atoms with van der Waals surface area (Å²) >= 11 is 12.0. The average Bonchev–Trinajstić information content (AvgIpc) is 2.19. The van der Waals surface area contributed by atoms with Crippen LogP contribution >= 0.6 is 23.2 Å². The third-order valence-corrected chi connectivity index (χ3v) is 3.95. The van der Waals surface area contributed by atoms with Crippen LogP contribution in [0, 0.1) is 5.92 Å². The highest BCUT2D eigenvalue weighted by molar-refractivity contribution is 6.42. The van der Waals surface area contributed by atoms with E-state index in [1.165, 1.54) is 0 Å². The molecule has 0 saturated heterocycles. The molecule has 76 valence electrons. The SMILES string of the molecule is CC1C(O)CC1c1cccc(Cl)c1Cl. The molecule has 1 aromatic carbocycles. The fraction of sp³-hybridized carbons (Fsp3) is 0.455. The Kier molecular flexibility index (Phi) is 2.74. The molecule has 0 spiro atoms. The molecule has 0 amide bonds. The van der Waals surface area contributed by atoms with Crippen LogP contribution in [0.2, 0.25) is 10.0 Å². The van der Waals surface area contributed by atoms with Crippen molar-refractivity contribution in [2.75, 3.05) is 0 Å². The average molecular weight is 231 g/mol. The van der Waals surface area contributed by atoms with Gasteiger partial charge in [-0.05, 0) is 29.9 Å². The highest BCUT2D eigenvalue weighted by atomic mass is 35.5. The van der Waals surface area contributed by atoms with Crippen molar-refractivity contribution < 1.29 is 5.11 Å². The van der Waals surface area contributed by atoms with E-state index in [2.05, 4.69) is 0 Å². The zero-order valence-corrected chi connectivity index (χ0v) is 9.39. The zero-order chi connectivity index (χ0) is 10.3. The topological polar surface area (TPSA) is 20.2 Å². The number of aliphatic hydroxyl groups excluding tert-OH is 1. The molecule has 2 rings (SSSR count). The quantitative estimate of drug-likeness (QED) is 0.784. The first kappa shape index (κ1) is 10.3. The number of hydrogen-bond acceptors (Lipinski definition) is 1. The van der Waals surface area contributed by atoms with Crippen molar-refractivity contribution in [1.82, 2.24) is 0 Å². The maximum Gasteiger partial charge on any atom is 0.0627 e. The van der Waals surface area contributed by atoms with Crippen molar-refractivity contribution in [3.05, 3.63) is 33.8 Å². The van der Waals surface area contributed by atoms with Gasteiger partial charge in [0.05, 0.1) is 16.1 Å². The molecule has 0 aromatic heterocycles. The molecular formula is C11H12Cl2O. The van der Waals surface area contributed by atoms with Gasteiger partial charge in [0.2, 0.25) is 0 Å². The first-order valence-corrected chi connectivity index (χ1v) is 5.49. The number of benzene rings is 1. The van der Waals surface area contributed by atoms with E-state index in [1.807, 2.05) is 19.1 Å². The standard InChI is InChI=1S/C11H12Cl2O/c1-6-8(5-10(6)14)7-3-2-4-9(12)11(7)13/h2-4,6,8,10,14H,5H2,1H3. The van der Waals surface area contributed by atoms with Crippen LogP contribution in [0.25, 0.3) is 0 Å². The molecule has 1 saturated carbocycles. The smallest absolute Gasteiger partial charge is 0.0627 e. The summed E-state index contributed by atoms with van der Waals surface area (Å²) in [5, 5.41) is 10.7. The van der Waals surface area contributed by atoms with E-state index >= 15 is 0 Å². The largest absolute Gasteiger partial charge is 0.393 e. The third-order valence-electron chi connectivity index (χ3n) is 3.12. The van der Waals surface area contributed by atoms with Crippen molar-refractivity contribution in [2.45, 2.75) is 25.4 Å². The van der Waals surface area contributed by atoms with E-state index in [9.17, 15) is 5.11 Å². The van der Waals surface area contributed by atoms with Gasteiger partial charge in [-0.2, -0.15) is 0 Å². The van der Waals surface area contributed by atoms with Gasteiger partial charge >= 0.3 is 0 Å². The Bertz CT molecular complexity index is 351. The minimum absolute atomic E-state index is 0.185. The van der Waals surface area contributed by atoms with Crippen molar-refractivity contribution in [3.63, 3.8) is 0 Å². The first-order chi connectivity index (χ1) is 6.61. The van der Waals surface area contributed by atoms with Gasteiger partial charge in [0.15, 0.2) is 0 Å². The molecule has 1 fully saturated rings. The lowest BCUT2D eigenvalue weighted by Crippen LogP contribution is -2.37. The number of halogens is 2. The van der Waals surface area contributed by atoms with Gasteiger partial charge in [-0.3, -0.25) is 0 Å². The maximum absolute atomic E-state index is 9.43. The molecule has 0 radical (unpaired) electrons. The Morgan fingerprint density at radius 1 is 1.36 bits per heavy atom. The van der Waals surface area contributed by atoms with E-state index in [1.54, 1.807) is 6.07 Å². The van der Waals surface area contributed by atoms with Gasteiger partial charge in [0.25, 0.3) is 0 Å².